The number of aromatic nitrogens is 1. The molecule has 0 aromatic carbocycles. The first kappa shape index (κ1) is 11.2. The van der Waals surface area contributed by atoms with Gasteiger partial charge >= 0.3 is 0 Å². The van der Waals surface area contributed by atoms with Gasteiger partial charge in [0.25, 0.3) is 0 Å². The summed E-state index contributed by atoms with van der Waals surface area (Å²) < 4.78 is 21.8. The molecule has 1 rings (SSSR count). The normalized spacial score (nSPS) is 11.9. The number of hydrogen-bond acceptors (Lipinski definition) is 3. The molecule has 1 aromatic heterocycles. The third kappa shape index (κ3) is 3.13. The SMILES string of the molecule is CCCNCc1cc(S(N)(=O)=O)c[nH]1. The van der Waals surface area contributed by atoms with Crippen LogP contribution in [-0.4, -0.2) is 19.9 Å². The molecule has 0 aliphatic rings. The Morgan fingerprint density at radius 2 is 2.29 bits per heavy atom. The van der Waals surface area contributed by atoms with Gasteiger partial charge in [0.2, 0.25) is 10.0 Å². The first-order valence-corrected chi connectivity index (χ1v) is 5.99. The maximum absolute atomic E-state index is 10.9. The zero-order chi connectivity index (χ0) is 10.6. The first-order valence-electron chi connectivity index (χ1n) is 4.45. The van der Waals surface area contributed by atoms with E-state index in [9.17, 15) is 8.42 Å². The molecule has 1 heterocycles. The first-order chi connectivity index (χ1) is 6.54. The van der Waals surface area contributed by atoms with Crippen LogP contribution in [0.3, 0.4) is 0 Å². The van der Waals surface area contributed by atoms with E-state index < -0.39 is 10.0 Å². The predicted molar refractivity (Wildman–Crippen MR) is 54.2 cm³/mol. The smallest absolute Gasteiger partial charge is 0.239 e. The summed E-state index contributed by atoms with van der Waals surface area (Å²) in [5.74, 6) is 0. The lowest BCUT2D eigenvalue weighted by atomic mass is 10.4. The van der Waals surface area contributed by atoms with Crippen molar-refractivity contribution in [2.45, 2.75) is 24.8 Å². The van der Waals surface area contributed by atoms with Crippen LogP contribution in [0.15, 0.2) is 17.2 Å². The molecule has 1 aromatic rings. The largest absolute Gasteiger partial charge is 0.363 e. The second-order valence-corrected chi connectivity index (χ2v) is 4.64. The summed E-state index contributed by atoms with van der Waals surface area (Å²) in [6, 6.07) is 1.54. The Kier molecular flexibility index (Phi) is 3.68. The number of sulfonamides is 1. The Morgan fingerprint density at radius 1 is 1.57 bits per heavy atom. The predicted octanol–water partition coefficient (Wildman–Crippen LogP) is 0.162. The maximum atomic E-state index is 10.9. The number of aromatic amines is 1. The van der Waals surface area contributed by atoms with Crippen LogP contribution < -0.4 is 10.5 Å². The van der Waals surface area contributed by atoms with Crippen LogP contribution in [0.1, 0.15) is 19.0 Å². The molecule has 0 bridgehead atoms. The van der Waals surface area contributed by atoms with E-state index in [1.54, 1.807) is 0 Å². The number of primary sulfonamides is 1. The summed E-state index contributed by atoms with van der Waals surface area (Å²) in [6.07, 6.45) is 2.45. The Morgan fingerprint density at radius 3 is 2.79 bits per heavy atom. The summed E-state index contributed by atoms with van der Waals surface area (Å²) in [5.41, 5.74) is 0.822. The quantitative estimate of drug-likeness (QED) is 0.614. The average molecular weight is 217 g/mol. The fraction of sp³-hybridized carbons (Fsp3) is 0.500. The molecule has 0 aliphatic heterocycles. The van der Waals surface area contributed by atoms with Gasteiger partial charge in [0.1, 0.15) is 0 Å². The monoisotopic (exact) mass is 217 g/mol. The van der Waals surface area contributed by atoms with Crippen LogP contribution in [0.2, 0.25) is 0 Å². The fourth-order valence-corrected chi connectivity index (χ4v) is 1.61. The topological polar surface area (TPSA) is 88.0 Å². The summed E-state index contributed by atoms with van der Waals surface area (Å²) in [5, 5.41) is 8.11. The van der Waals surface area contributed by atoms with Gasteiger partial charge in [-0.15, -0.1) is 0 Å². The molecule has 0 radical (unpaired) electrons. The molecule has 0 saturated heterocycles. The van der Waals surface area contributed by atoms with Crippen molar-refractivity contribution in [2.24, 2.45) is 5.14 Å². The van der Waals surface area contributed by atoms with E-state index >= 15 is 0 Å². The third-order valence-corrected chi connectivity index (χ3v) is 2.68. The van der Waals surface area contributed by atoms with Crippen LogP contribution in [0, 0.1) is 0 Å². The van der Waals surface area contributed by atoms with Crippen molar-refractivity contribution in [1.82, 2.24) is 10.3 Å². The highest BCUT2D eigenvalue weighted by Crippen LogP contribution is 2.07. The van der Waals surface area contributed by atoms with E-state index in [1.165, 1.54) is 12.3 Å². The standard InChI is InChI=1S/C8H15N3O2S/c1-2-3-10-5-7-4-8(6-11-7)14(9,12)13/h4,6,10-11H,2-3,5H2,1H3,(H2,9,12,13). The molecule has 0 amide bonds. The molecule has 0 atom stereocenters. The summed E-state index contributed by atoms with van der Waals surface area (Å²) in [7, 11) is -3.57. The molecule has 4 N–H and O–H groups in total. The Labute approximate surface area is 83.8 Å². The highest BCUT2D eigenvalue weighted by molar-refractivity contribution is 7.89. The fourth-order valence-electron chi connectivity index (χ4n) is 1.09. The molecule has 0 unspecified atom stereocenters. The van der Waals surface area contributed by atoms with Crippen molar-refractivity contribution in [3.63, 3.8) is 0 Å². The number of hydrogen-bond donors (Lipinski definition) is 3. The van der Waals surface area contributed by atoms with Gasteiger partial charge in [-0.3, -0.25) is 0 Å². The van der Waals surface area contributed by atoms with E-state index in [0.29, 0.717) is 6.54 Å². The van der Waals surface area contributed by atoms with E-state index in [1.807, 2.05) is 0 Å². The molecule has 5 nitrogen and oxygen atoms in total. The molecular weight excluding hydrogens is 202 g/mol. The molecule has 0 saturated carbocycles. The van der Waals surface area contributed by atoms with Gasteiger partial charge < -0.3 is 10.3 Å². The van der Waals surface area contributed by atoms with Gasteiger partial charge in [0, 0.05) is 18.4 Å². The minimum atomic E-state index is -3.57. The van der Waals surface area contributed by atoms with Crippen molar-refractivity contribution in [1.29, 1.82) is 0 Å². The molecule has 0 fully saturated rings. The highest BCUT2D eigenvalue weighted by Gasteiger charge is 2.09. The van der Waals surface area contributed by atoms with Crippen molar-refractivity contribution in [2.75, 3.05) is 6.54 Å². The number of rotatable bonds is 5. The van der Waals surface area contributed by atoms with Crippen LogP contribution >= 0.6 is 0 Å². The lowest BCUT2D eigenvalue weighted by Crippen LogP contribution is -2.14. The average Bonchev–Trinajstić information content (AvgIpc) is 2.52. The lowest BCUT2D eigenvalue weighted by molar-refractivity contribution is 0.598. The molecule has 6 heteroatoms. The zero-order valence-electron chi connectivity index (χ0n) is 8.08. The van der Waals surface area contributed by atoms with Gasteiger partial charge in [-0.1, -0.05) is 6.92 Å². The van der Waals surface area contributed by atoms with Gasteiger partial charge in [-0.25, -0.2) is 13.6 Å². The van der Waals surface area contributed by atoms with Crippen LogP contribution in [0.25, 0.3) is 0 Å². The molecule has 80 valence electrons. The summed E-state index contributed by atoms with van der Waals surface area (Å²) in [6.45, 7) is 3.60. The van der Waals surface area contributed by atoms with Gasteiger partial charge in [0.15, 0.2) is 0 Å². The minimum absolute atomic E-state index is 0.130. The van der Waals surface area contributed by atoms with Gasteiger partial charge in [0.05, 0.1) is 4.90 Å². The van der Waals surface area contributed by atoms with Gasteiger partial charge in [-0.2, -0.15) is 0 Å². The Bertz CT molecular complexity index is 383. The Hall–Kier alpha value is -0.850. The highest BCUT2D eigenvalue weighted by atomic mass is 32.2. The van der Waals surface area contributed by atoms with Crippen LogP contribution in [-0.2, 0) is 16.6 Å². The lowest BCUT2D eigenvalue weighted by Gasteiger charge is -1.98. The summed E-state index contributed by atoms with van der Waals surface area (Å²) in [4.78, 5) is 2.98. The Balaban J connectivity index is 2.60. The van der Waals surface area contributed by atoms with E-state index in [4.69, 9.17) is 5.14 Å². The van der Waals surface area contributed by atoms with Gasteiger partial charge in [-0.05, 0) is 19.0 Å². The maximum Gasteiger partial charge on any atom is 0.239 e. The third-order valence-electron chi connectivity index (χ3n) is 1.79. The number of H-pyrrole nitrogens is 1. The van der Waals surface area contributed by atoms with E-state index in [-0.39, 0.29) is 4.90 Å². The zero-order valence-corrected chi connectivity index (χ0v) is 8.89. The molecule has 14 heavy (non-hydrogen) atoms. The number of nitrogens with one attached hydrogen (secondary N) is 2. The second-order valence-electron chi connectivity index (χ2n) is 3.08. The minimum Gasteiger partial charge on any atom is -0.363 e. The van der Waals surface area contributed by atoms with Crippen LogP contribution in [0.4, 0.5) is 0 Å². The van der Waals surface area contributed by atoms with E-state index in [2.05, 4.69) is 17.2 Å². The van der Waals surface area contributed by atoms with Crippen molar-refractivity contribution in [3.8, 4) is 0 Å². The molecule has 0 spiro atoms. The van der Waals surface area contributed by atoms with Crippen molar-refractivity contribution < 1.29 is 8.42 Å². The summed E-state index contributed by atoms with van der Waals surface area (Å²) >= 11 is 0. The van der Waals surface area contributed by atoms with Crippen molar-refractivity contribution >= 4 is 10.0 Å². The van der Waals surface area contributed by atoms with E-state index in [0.717, 1.165) is 18.7 Å². The second kappa shape index (κ2) is 4.59. The van der Waals surface area contributed by atoms with Crippen molar-refractivity contribution in [3.05, 3.63) is 18.0 Å². The van der Waals surface area contributed by atoms with Crippen LogP contribution in [0.5, 0.6) is 0 Å². The molecular formula is C8H15N3O2S. The number of nitrogens with two attached hydrogens (primary N) is 1. The molecule has 0 aliphatic carbocycles.